The standard InChI is InChI=1S/C17H21FN2O2/c18-14-6-2-5-13(11-14)16(21)19-15-7-9-20(10-8-15)17(22)12-3-1-4-12/h2,5-6,11-12,15H,1,3-4,7-10H2,(H,19,21). The molecule has 1 N–H and O–H groups in total. The molecule has 22 heavy (non-hydrogen) atoms. The Balaban J connectivity index is 1.49. The van der Waals surface area contributed by atoms with E-state index in [-0.39, 0.29) is 23.8 Å². The third-order valence-electron chi connectivity index (χ3n) is 4.68. The van der Waals surface area contributed by atoms with Gasteiger partial charge in [0.2, 0.25) is 5.91 Å². The van der Waals surface area contributed by atoms with Crippen molar-refractivity contribution in [1.82, 2.24) is 10.2 Å². The first-order valence-corrected chi connectivity index (χ1v) is 7.99. The Morgan fingerprint density at radius 3 is 2.45 bits per heavy atom. The smallest absolute Gasteiger partial charge is 0.251 e. The molecule has 4 nitrogen and oxygen atoms in total. The number of nitrogens with one attached hydrogen (secondary N) is 1. The van der Waals surface area contributed by atoms with Crippen molar-refractivity contribution in [3.8, 4) is 0 Å². The normalized spacial score (nSPS) is 19.6. The lowest BCUT2D eigenvalue weighted by atomic mass is 9.84. The number of hydrogen-bond donors (Lipinski definition) is 1. The fourth-order valence-electron chi connectivity index (χ4n) is 3.06. The second kappa shape index (κ2) is 6.46. The number of likely N-dealkylation sites (tertiary alicyclic amines) is 1. The molecule has 1 aliphatic carbocycles. The molecule has 2 aliphatic rings. The van der Waals surface area contributed by atoms with Crippen LogP contribution in [0.25, 0.3) is 0 Å². The topological polar surface area (TPSA) is 49.4 Å². The lowest BCUT2D eigenvalue weighted by Crippen LogP contribution is -2.48. The van der Waals surface area contributed by atoms with Gasteiger partial charge in [-0.15, -0.1) is 0 Å². The van der Waals surface area contributed by atoms with Crippen molar-refractivity contribution in [2.45, 2.75) is 38.1 Å². The number of carbonyl (C=O) groups excluding carboxylic acids is 2. The highest BCUT2D eigenvalue weighted by Gasteiger charge is 2.31. The summed E-state index contributed by atoms with van der Waals surface area (Å²) >= 11 is 0. The molecule has 5 heteroatoms. The van der Waals surface area contributed by atoms with Crippen LogP contribution in [-0.2, 0) is 4.79 Å². The van der Waals surface area contributed by atoms with Crippen molar-refractivity contribution < 1.29 is 14.0 Å². The fourth-order valence-corrected chi connectivity index (χ4v) is 3.06. The van der Waals surface area contributed by atoms with Crippen LogP contribution < -0.4 is 5.32 Å². The van der Waals surface area contributed by atoms with Crippen LogP contribution in [0.2, 0.25) is 0 Å². The van der Waals surface area contributed by atoms with Gasteiger partial charge in [-0.25, -0.2) is 4.39 Å². The van der Waals surface area contributed by atoms with E-state index in [1.807, 2.05) is 4.90 Å². The molecule has 1 heterocycles. The van der Waals surface area contributed by atoms with E-state index < -0.39 is 5.82 Å². The molecular weight excluding hydrogens is 283 g/mol. The molecule has 1 aliphatic heterocycles. The maximum absolute atomic E-state index is 13.1. The summed E-state index contributed by atoms with van der Waals surface area (Å²) in [6.45, 7) is 1.40. The third kappa shape index (κ3) is 3.29. The van der Waals surface area contributed by atoms with Crippen molar-refractivity contribution in [1.29, 1.82) is 0 Å². The van der Waals surface area contributed by atoms with Crippen molar-refractivity contribution in [2.24, 2.45) is 5.92 Å². The summed E-state index contributed by atoms with van der Waals surface area (Å²) in [4.78, 5) is 26.2. The van der Waals surface area contributed by atoms with E-state index in [0.29, 0.717) is 18.7 Å². The van der Waals surface area contributed by atoms with Gasteiger partial charge in [0.25, 0.3) is 5.91 Å². The fraction of sp³-hybridized carbons (Fsp3) is 0.529. The van der Waals surface area contributed by atoms with Gasteiger partial charge in [-0.3, -0.25) is 9.59 Å². The molecule has 0 atom stereocenters. The van der Waals surface area contributed by atoms with Gasteiger partial charge in [0.1, 0.15) is 5.82 Å². The summed E-state index contributed by atoms with van der Waals surface area (Å²) in [5.41, 5.74) is 0.341. The number of carbonyl (C=O) groups is 2. The molecule has 1 aromatic carbocycles. The maximum Gasteiger partial charge on any atom is 0.251 e. The molecule has 0 bridgehead atoms. The van der Waals surface area contributed by atoms with Crippen molar-refractivity contribution in [3.05, 3.63) is 35.6 Å². The predicted molar refractivity (Wildman–Crippen MR) is 80.8 cm³/mol. The minimum Gasteiger partial charge on any atom is -0.349 e. The number of halogens is 1. The quantitative estimate of drug-likeness (QED) is 0.932. The Hall–Kier alpha value is -1.91. The van der Waals surface area contributed by atoms with E-state index >= 15 is 0 Å². The number of benzene rings is 1. The van der Waals surface area contributed by atoms with Crippen LogP contribution in [0.15, 0.2) is 24.3 Å². The van der Waals surface area contributed by atoms with E-state index in [1.165, 1.54) is 18.2 Å². The Bertz CT molecular complexity index is 564. The van der Waals surface area contributed by atoms with Crippen LogP contribution in [0.5, 0.6) is 0 Å². The zero-order valence-electron chi connectivity index (χ0n) is 12.6. The summed E-state index contributed by atoms with van der Waals surface area (Å²) in [6, 6.07) is 5.75. The minimum absolute atomic E-state index is 0.0567. The first-order chi connectivity index (χ1) is 10.6. The van der Waals surface area contributed by atoms with Gasteiger partial charge in [0, 0.05) is 30.6 Å². The van der Waals surface area contributed by atoms with Crippen LogP contribution in [0.4, 0.5) is 4.39 Å². The summed E-state index contributed by atoms with van der Waals surface area (Å²) in [6.07, 6.45) is 4.74. The molecule has 2 fully saturated rings. The minimum atomic E-state index is -0.409. The monoisotopic (exact) mass is 304 g/mol. The number of hydrogen-bond acceptors (Lipinski definition) is 2. The van der Waals surface area contributed by atoms with Crippen LogP contribution in [0.3, 0.4) is 0 Å². The molecule has 118 valence electrons. The molecular formula is C17H21FN2O2. The molecule has 1 aromatic rings. The third-order valence-corrected chi connectivity index (χ3v) is 4.68. The number of rotatable bonds is 3. The summed E-state index contributed by atoms with van der Waals surface area (Å²) in [5, 5.41) is 2.94. The molecule has 0 aromatic heterocycles. The summed E-state index contributed by atoms with van der Waals surface area (Å²) < 4.78 is 13.1. The second-order valence-electron chi connectivity index (χ2n) is 6.21. The van der Waals surface area contributed by atoms with E-state index in [2.05, 4.69) is 5.32 Å². The molecule has 3 rings (SSSR count). The van der Waals surface area contributed by atoms with Gasteiger partial charge >= 0.3 is 0 Å². The highest BCUT2D eigenvalue weighted by atomic mass is 19.1. The van der Waals surface area contributed by atoms with E-state index in [1.54, 1.807) is 6.07 Å². The van der Waals surface area contributed by atoms with E-state index in [0.717, 1.165) is 32.1 Å². The Morgan fingerprint density at radius 2 is 1.86 bits per heavy atom. The van der Waals surface area contributed by atoms with Gasteiger partial charge in [-0.2, -0.15) is 0 Å². The average Bonchev–Trinajstić information content (AvgIpc) is 2.46. The van der Waals surface area contributed by atoms with Gasteiger partial charge in [0.05, 0.1) is 0 Å². The van der Waals surface area contributed by atoms with Crippen LogP contribution in [-0.4, -0.2) is 35.8 Å². The van der Waals surface area contributed by atoms with Crippen LogP contribution in [0, 0.1) is 11.7 Å². The highest BCUT2D eigenvalue weighted by molar-refractivity contribution is 5.94. The van der Waals surface area contributed by atoms with Crippen LogP contribution in [0.1, 0.15) is 42.5 Å². The summed E-state index contributed by atoms with van der Waals surface area (Å²) in [7, 11) is 0. The molecule has 0 radical (unpaired) electrons. The highest BCUT2D eigenvalue weighted by Crippen LogP contribution is 2.29. The summed E-state index contributed by atoms with van der Waals surface area (Å²) in [5.74, 6) is -0.142. The Morgan fingerprint density at radius 1 is 1.14 bits per heavy atom. The zero-order chi connectivity index (χ0) is 15.5. The van der Waals surface area contributed by atoms with Gasteiger partial charge in [-0.1, -0.05) is 12.5 Å². The number of amides is 2. The molecule has 0 unspecified atom stereocenters. The number of piperidine rings is 1. The first-order valence-electron chi connectivity index (χ1n) is 7.99. The van der Waals surface area contributed by atoms with Gasteiger partial charge in [-0.05, 0) is 43.9 Å². The largest absolute Gasteiger partial charge is 0.349 e. The Labute approximate surface area is 129 Å². The number of nitrogens with zero attached hydrogens (tertiary/aromatic N) is 1. The van der Waals surface area contributed by atoms with Crippen molar-refractivity contribution in [2.75, 3.05) is 13.1 Å². The lowest BCUT2D eigenvalue weighted by Gasteiger charge is -2.36. The molecule has 2 amide bonds. The van der Waals surface area contributed by atoms with Crippen LogP contribution >= 0.6 is 0 Å². The van der Waals surface area contributed by atoms with Crippen molar-refractivity contribution in [3.63, 3.8) is 0 Å². The molecule has 1 saturated heterocycles. The lowest BCUT2D eigenvalue weighted by molar-refractivity contribution is -0.139. The van der Waals surface area contributed by atoms with Gasteiger partial charge < -0.3 is 10.2 Å². The second-order valence-corrected chi connectivity index (χ2v) is 6.21. The zero-order valence-corrected chi connectivity index (χ0v) is 12.6. The van der Waals surface area contributed by atoms with E-state index in [9.17, 15) is 14.0 Å². The van der Waals surface area contributed by atoms with Gasteiger partial charge in [0.15, 0.2) is 0 Å². The SMILES string of the molecule is O=C(NC1CCN(C(=O)C2CCC2)CC1)c1cccc(F)c1. The molecule has 0 spiro atoms. The van der Waals surface area contributed by atoms with E-state index in [4.69, 9.17) is 0 Å². The Kier molecular flexibility index (Phi) is 4.41. The van der Waals surface area contributed by atoms with Crippen molar-refractivity contribution >= 4 is 11.8 Å². The average molecular weight is 304 g/mol. The molecule has 1 saturated carbocycles. The predicted octanol–water partition coefficient (Wildman–Crippen LogP) is 2.35. The maximum atomic E-state index is 13.1. The first kappa shape index (κ1) is 15.0.